The van der Waals surface area contributed by atoms with E-state index in [2.05, 4.69) is 55.0 Å². The van der Waals surface area contributed by atoms with E-state index < -0.39 is 0 Å². The maximum atomic E-state index is 5.92. The molecular weight excluding hydrogens is 290 g/mol. The second-order valence-corrected chi connectivity index (χ2v) is 6.20. The number of nitrogens with one attached hydrogen (secondary N) is 1. The van der Waals surface area contributed by atoms with Crippen LogP contribution < -0.4 is 10.1 Å². The summed E-state index contributed by atoms with van der Waals surface area (Å²) < 4.78 is 7.13. The number of halogens is 1. The second-order valence-electron chi connectivity index (χ2n) is 5.41. The molecule has 0 spiro atoms. The van der Waals surface area contributed by atoms with Crippen LogP contribution in [-0.4, -0.2) is 12.6 Å². The van der Waals surface area contributed by atoms with Crippen LogP contribution in [0.15, 0.2) is 10.5 Å². The minimum Gasteiger partial charge on any atom is -0.493 e. The van der Waals surface area contributed by atoms with Crippen LogP contribution in [0.2, 0.25) is 0 Å². The van der Waals surface area contributed by atoms with E-state index in [1.807, 2.05) is 0 Å². The zero-order valence-corrected chi connectivity index (χ0v) is 13.2. The van der Waals surface area contributed by atoms with Gasteiger partial charge in [0.2, 0.25) is 0 Å². The molecule has 0 bridgehead atoms. The Balaban J connectivity index is 2.49. The highest BCUT2D eigenvalue weighted by atomic mass is 79.9. The molecule has 1 aromatic rings. The summed E-state index contributed by atoms with van der Waals surface area (Å²) in [5.74, 6) is 1.06. The van der Waals surface area contributed by atoms with Crippen LogP contribution in [0.3, 0.4) is 0 Å². The maximum absolute atomic E-state index is 5.92. The highest BCUT2D eigenvalue weighted by Gasteiger charge is 2.24. The third-order valence-corrected chi connectivity index (χ3v) is 4.69. The third kappa shape index (κ3) is 2.72. The van der Waals surface area contributed by atoms with Crippen LogP contribution in [0, 0.1) is 13.8 Å². The van der Waals surface area contributed by atoms with Gasteiger partial charge >= 0.3 is 0 Å². The first-order valence-electron chi connectivity index (χ1n) is 6.69. The molecule has 1 heterocycles. The predicted octanol–water partition coefficient (Wildman–Crippen LogP) is 4.28. The molecule has 0 aliphatic carbocycles. The Bertz CT molecular complexity index is 443. The van der Waals surface area contributed by atoms with Crippen LogP contribution in [-0.2, 0) is 0 Å². The van der Waals surface area contributed by atoms with Crippen molar-refractivity contribution in [1.82, 2.24) is 5.32 Å². The van der Waals surface area contributed by atoms with Crippen LogP contribution in [0.4, 0.5) is 0 Å². The van der Waals surface area contributed by atoms with Crippen LogP contribution in [0.5, 0.6) is 5.75 Å². The summed E-state index contributed by atoms with van der Waals surface area (Å²) in [5, 5.41) is 3.66. The van der Waals surface area contributed by atoms with Gasteiger partial charge in [-0.2, -0.15) is 0 Å². The van der Waals surface area contributed by atoms with E-state index in [9.17, 15) is 0 Å². The van der Waals surface area contributed by atoms with E-state index in [1.165, 1.54) is 21.2 Å². The minimum atomic E-state index is 0.402. The zero-order valence-electron chi connectivity index (χ0n) is 11.6. The first-order chi connectivity index (χ1) is 8.50. The summed E-state index contributed by atoms with van der Waals surface area (Å²) in [4.78, 5) is 0. The standard InChI is InChI=1S/C15H22BrNO/c1-9(2)17-12-6-5-7-18-13-8-10(3)15(16)11(4)14(12)13/h8-9,12,17H,5-7H2,1-4H3. The molecule has 1 atom stereocenters. The van der Waals surface area contributed by atoms with Gasteiger partial charge in [-0.15, -0.1) is 0 Å². The Morgan fingerprint density at radius 2 is 2.11 bits per heavy atom. The monoisotopic (exact) mass is 311 g/mol. The lowest BCUT2D eigenvalue weighted by atomic mass is 9.95. The molecule has 1 aliphatic heterocycles. The minimum absolute atomic E-state index is 0.402. The van der Waals surface area contributed by atoms with Crippen molar-refractivity contribution < 1.29 is 4.74 Å². The maximum Gasteiger partial charge on any atom is 0.124 e. The molecule has 3 heteroatoms. The SMILES string of the molecule is Cc1cc2c(c(C)c1Br)C(NC(C)C)CCCO2. The second kappa shape index (κ2) is 5.62. The number of benzene rings is 1. The topological polar surface area (TPSA) is 21.3 Å². The van der Waals surface area contributed by atoms with E-state index in [1.54, 1.807) is 0 Å². The van der Waals surface area contributed by atoms with Crippen molar-refractivity contribution in [3.05, 3.63) is 27.2 Å². The number of hydrogen-bond acceptors (Lipinski definition) is 2. The van der Waals surface area contributed by atoms with E-state index >= 15 is 0 Å². The summed E-state index contributed by atoms with van der Waals surface area (Å²) >= 11 is 3.69. The lowest BCUT2D eigenvalue weighted by Gasteiger charge is -2.24. The number of fused-ring (bicyclic) bond motifs is 1. The van der Waals surface area contributed by atoms with Crippen molar-refractivity contribution in [2.45, 2.75) is 52.6 Å². The molecule has 0 aromatic heterocycles. The molecule has 0 amide bonds. The van der Waals surface area contributed by atoms with Crippen molar-refractivity contribution in [1.29, 1.82) is 0 Å². The summed E-state index contributed by atoms with van der Waals surface area (Å²) in [6.45, 7) is 9.52. The molecule has 2 rings (SSSR count). The molecule has 0 saturated carbocycles. The lowest BCUT2D eigenvalue weighted by Crippen LogP contribution is -2.28. The molecule has 1 aliphatic rings. The van der Waals surface area contributed by atoms with Gasteiger partial charge in [-0.3, -0.25) is 0 Å². The van der Waals surface area contributed by atoms with Crippen LogP contribution in [0.1, 0.15) is 49.4 Å². The van der Waals surface area contributed by atoms with Gasteiger partial charge in [-0.1, -0.05) is 29.8 Å². The summed E-state index contributed by atoms with van der Waals surface area (Å²) in [6, 6.07) is 3.05. The average molecular weight is 312 g/mol. The van der Waals surface area contributed by atoms with Crippen LogP contribution in [0.25, 0.3) is 0 Å². The first-order valence-corrected chi connectivity index (χ1v) is 7.48. The molecule has 1 unspecified atom stereocenters. The fourth-order valence-corrected chi connectivity index (χ4v) is 3.00. The van der Waals surface area contributed by atoms with Crippen molar-refractivity contribution in [3.63, 3.8) is 0 Å². The molecule has 1 aromatic carbocycles. The van der Waals surface area contributed by atoms with Crippen LogP contribution >= 0.6 is 15.9 Å². The number of ether oxygens (including phenoxy) is 1. The van der Waals surface area contributed by atoms with Gasteiger partial charge < -0.3 is 10.1 Å². The zero-order chi connectivity index (χ0) is 13.3. The smallest absolute Gasteiger partial charge is 0.124 e. The first kappa shape index (κ1) is 13.9. The Hall–Kier alpha value is -0.540. The summed E-state index contributed by atoms with van der Waals surface area (Å²) in [5.41, 5.74) is 3.89. The third-order valence-electron chi connectivity index (χ3n) is 3.47. The Morgan fingerprint density at radius 3 is 2.78 bits per heavy atom. The Labute approximate surface area is 118 Å². The fourth-order valence-electron chi connectivity index (χ4n) is 2.67. The van der Waals surface area contributed by atoms with Gasteiger partial charge in [0.05, 0.1) is 6.61 Å². The van der Waals surface area contributed by atoms with Gasteiger partial charge in [-0.25, -0.2) is 0 Å². The number of rotatable bonds is 2. The van der Waals surface area contributed by atoms with E-state index in [-0.39, 0.29) is 0 Å². The van der Waals surface area contributed by atoms with Gasteiger partial charge in [0, 0.05) is 22.1 Å². The van der Waals surface area contributed by atoms with Gasteiger partial charge in [0.15, 0.2) is 0 Å². The summed E-state index contributed by atoms with van der Waals surface area (Å²) in [7, 11) is 0. The molecular formula is C15H22BrNO. The molecule has 1 N–H and O–H groups in total. The van der Waals surface area contributed by atoms with Crippen molar-refractivity contribution >= 4 is 15.9 Å². The Morgan fingerprint density at radius 1 is 1.39 bits per heavy atom. The molecule has 2 nitrogen and oxygen atoms in total. The average Bonchev–Trinajstić information content (AvgIpc) is 2.48. The van der Waals surface area contributed by atoms with E-state index in [4.69, 9.17) is 4.74 Å². The fraction of sp³-hybridized carbons (Fsp3) is 0.600. The van der Waals surface area contributed by atoms with Crippen molar-refractivity contribution in [2.24, 2.45) is 0 Å². The lowest BCUT2D eigenvalue weighted by molar-refractivity contribution is 0.314. The highest BCUT2D eigenvalue weighted by Crippen LogP contribution is 2.39. The summed E-state index contributed by atoms with van der Waals surface area (Å²) in [6.07, 6.45) is 2.25. The van der Waals surface area contributed by atoms with Gasteiger partial charge in [0.1, 0.15) is 5.75 Å². The highest BCUT2D eigenvalue weighted by molar-refractivity contribution is 9.10. The molecule has 0 saturated heterocycles. The molecule has 100 valence electrons. The molecule has 0 fully saturated rings. The molecule has 18 heavy (non-hydrogen) atoms. The van der Waals surface area contributed by atoms with E-state index in [0.717, 1.165) is 25.2 Å². The van der Waals surface area contributed by atoms with E-state index in [0.29, 0.717) is 12.1 Å². The predicted molar refractivity (Wildman–Crippen MR) is 79.4 cm³/mol. The van der Waals surface area contributed by atoms with Crippen molar-refractivity contribution in [3.8, 4) is 5.75 Å². The molecule has 0 radical (unpaired) electrons. The van der Waals surface area contributed by atoms with Gasteiger partial charge in [0.25, 0.3) is 0 Å². The van der Waals surface area contributed by atoms with Gasteiger partial charge in [-0.05, 0) is 43.9 Å². The Kier molecular flexibility index (Phi) is 4.33. The number of hydrogen-bond donors (Lipinski definition) is 1. The quantitative estimate of drug-likeness (QED) is 0.880. The van der Waals surface area contributed by atoms with Crippen molar-refractivity contribution in [2.75, 3.05) is 6.61 Å². The largest absolute Gasteiger partial charge is 0.493 e. The number of aryl methyl sites for hydroxylation is 1. The normalized spacial score (nSPS) is 19.3.